The standard InChI is InChI=1S/C16H16F2N4O/c17-12-5-4-11(10-13(12)18)20-15(23)14-6-7-19-16(21-14)22-8-2-1-3-9-22/h4-7,10H,1-3,8-9H2,(H,20,23). The average Bonchev–Trinajstić information content (AvgIpc) is 2.59. The van der Waals surface area contributed by atoms with Crippen molar-refractivity contribution in [2.45, 2.75) is 19.3 Å². The van der Waals surface area contributed by atoms with E-state index in [0.717, 1.165) is 38.1 Å². The van der Waals surface area contributed by atoms with Gasteiger partial charge in [-0.2, -0.15) is 0 Å². The van der Waals surface area contributed by atoms with Crippen LogP contribution in [0, 0.1) is 11.6 Å². The van der Waals surface area contributed by atoms with Gasteiger partial charge in [0.25, 0.3) is 5.91 Å². The van der Waals surface area contributed by atoms with Gasteiger partial charge in [0.2, 0.25) is 5.95 Å². The molecule has 0 radical (unpaired) electrons. The van der Waals surface area contributed by atoms with E-state index < -0.39 is 17.5 Å². The van der Waals surface area contributed by atoms with E-state index in [0.29, 0.717) is 5.95 Å². The third-order valence-electron chi connectivity index (χ3n) is 3.69. The molecular weight excluding hydrogens is 302 g/mol. The normalized spacial score (nSPS) is 14.6. The molecule has 0 aliphatic carbocycles. The second-order valence-electron chi connectivity index (χ2n) is 5.37. The molecule has 0 bridgehead atoms. The molecule has 1 aromatic carbocycles. The lowest BCUT2D eigenvalue weighted by Gasteiger charge is -2.26. The second-order valence-corrected chi connectivity index (χ2v) is 5.37. The monoisotopic (exact) mass is 318 g/mol. The van der Waals surface area contributed by atoms with Gasteiger partial charge in [-0.1, -0.05) is 0 Å². The van der Waals surface area contributed by atoms with Crippen LogP contribution < -0.4 is 10.2 Å². The van der Waals surface area contributed by atoms with Gasteiger partial charge in [0.15, 0.2) is 11.6 Å². The van der Waals surface area contributed by atoms with Gasteiger partial charge in [-0.05, 0) is 37.5 Å². The van der Waals surface area contributed by atoms with Gasteiger partial charge in [-0.25, -0.2) is 18.7 Å². The summed E-state index contributed by atoms with van der Waals surface area (Å²) in [6.45, 7) is 1.74. The first-order valence-electron chi connectivity index (χ1n) is 7.48. The number of hydrogen-bond donors (Lipinski definition) is 1. The molecule has 5 nitrogen and oxygen atoms in total. The van der Waals surface area contributed by atoms with Crippen molar-refractivity contribution in [1.82, 2.24) is 9.97 Å². The topological polar surface area (TPSA) is 58.1 Å². The summed E-state index contributed by atoms with van der Waals surface area (Å²) in [5.74, 6) is -1.95. The number of anilines is 2. The van der Waals surface area contributed by atoms with Crippen molar-refractivity contribution in [3.8, 4) is 0 Å². The minimum absolute atomic E-state index is 0.173. The number of hydrogen-bond acceptors (Lipinski definition) is 4. The van der Waals surface area contributed by atoms with Crippen LogP contribution in [0.2, 0.25) is 0 Å². The maximum Gasteiger partial charge on any atom is 0.274 e. The summed E-state index contributed by atoms with van der Waals surface area (Å²) in [6.07, 6.45) is 4.87. The molecule has 1 aromatic heterocycles. The SMILES string of the molecule is O=C(Nc1ccc(F)c(F)c1)c1ccnc(N2CCCCC2)n1. The Bertz CT molecular complexity index is 717. The van der Waals surface area contributed by atoms with Crippen LogP contribution in [0.4, 0.5) is 20.4 Å². The predicted octanol–water partition coefficient (Wildman–Crippen LogP) is 3.00. The van der Waals surface area contributed by atoms with Crippen LogP contribution in [-0.2, 0) is 0 Å². The minimum Gasteiger partial charge on any atom is -0.341 e. The number of carbonyl (C=O) groups is 1. The quantitative estimate of drug-likeness (QED) is 0.945. The fourth-order valence-corrected chi connectivity index (χ4v) is 2.49. The van der Waals surface area contributed by atoms with E-state index in [9.17, 15) is 13.6 Å². The fourth-order valence-electron chi connectivity index (χ4n) is 2.49. The molecule has 1 saturated heterocycles. The molecule has 2 aromatic rings. The van der Waals surface area contributed by atoms with Crippen LogP contribution in [-0.4, -0.2) is 29.0 Å². The van der Waals surface area contributed by atoms with Crippen molar-refractivity contribution in [1.29, 1.82) is 0 Å². The number of halogens is 2. The lowest BCUT2D eigenvalue weighted by molar-refractivity contribution is 0.102. The Morgan fingerprint density at radius 3 is 2.61 bits per heavy atom. The Balaban J connectivity index is 1.75. The van der Waals surface area contributed by atoms with Crippen LogP contribution in [0.5, 0.6) is 0 Å². The average molecular weight is 318 g/mol. The summed E-state index contributed by atoms with van der Waals surface area (Å²) in [6, 6.07) is 4.68. The Morgan fingerprint density at radius 1 is 1.09 bits per heavy atom. The van der Waals surface area contributed by atoms with Crippen LogP contribution in [0.15, 0.2) is 30.5 Å². The van der Waals surface area contributed by atoms with Crippen LogP contribution >= 0.6 is 0 Å². The smallest absolute Gasteiger partial charge is 0.274 e. The fraction of sp³-hybridized carbons (Fsp3) is 0.312. The third-order valence-corrected chi connectivity index (χ3v) is 3.69. The van der Waals surface area contributed by atoms with Gasteiger partial charge in [-0.3, -0.25) is 4.79 Å². The summed E-state index contributed by atoms with van der Waals surface area (Å²) in [5.41, 5.74) is 0.359. The number of piperidine rings is 1. The van der Waals surface area contributed by atoms with E-state index in [4.69, 9.17) is 0 Å². The molecule has 2 heterocycles. The number of aromatic nitrogens is 2. The van der Waals surface area contributed by atoms with Crippen molar-refractivity contribution in [3.63, 3.8) is 0 Å². The number of amides is 1. The highest BCUT2D eigenvalue weighted by Gasteiger charge is 2.16. The lowest BCUT2D eigenvalue weighted by Crippen LogP contribution is -2.31. The zero-order valence-electron chi connectivity index (χ0n) is 12.4. The molecule has 120 valence electrons. The van der Waals surface area contributed by atoms with Crippen LogP contribution in [0.25, 0.3) is 0 Å². The summed E-state index contributed by atoms with van der Waals surface area (Å²) >= 11 is 0. The van der Waals surface area contributed by atoms with E-state index in [1.807, 2.05) is 4.90 Å². The van der Waals surface area contributed by atoms with Crippen molar-refractivity contribution in [2.24, 2.45) is 0 Å². The van der Waals surface area contributed by atoms with Crippen molar-refractivity contribution in [2.75, 3.05) is 23.3 Å². The van der Waals surface area contributed by atoms with Gasteiger partial charge in [-0.15, -0.1) is 0 Å². The highest BCUT2D eigenvalue weighted by atomic mass is 19.2. The summed E-state index contributed by atoms with van der Waals surface area (Å²) in [7, 11) is 0. The molecule has 1 N–H and O–H groups in total. The van der Waals surface area contributed by atoms with Crippen LogP contribution in [0.3, 0.4) is 0 Å². The Hall–Kier alpha value is -2.57. The van der Waals surface area contributed by atoms with E-state index in [1.54, 1.807) is 0 Å². The number of nitrogens with zero attached hydrogens (tertiary/aromatic N) is 3. The number of carbonyl (C=O) groups excluding carboxylic acids is 1. The van der Waals surface area contributed by atoms with Crippen molar-refractivity contribution >= 4 is 17.5 Å². The Kier molecular flexibility index (Phi) is 4.45. The van der Waals surface area contributed by atoms with Crippen LogP contribution in [0.1, 0.15) is 29.8 Å². The molecule has 0 saturated carbocycles. The van der Waals surface area contributed by atoms with Crippen molar-refractivity contribution < 1.29 is 13.6 Å². The highest BCUT2D eigenvalue weighted by Crippen LogP contribution is 2.17. The Morgan fingerprint density at radius 2 is 1.87 bits per heavy atom. The maximum atomic E-state index is 13.2. The maximum absolute atomic E-state index is 13.2. The largest absolute Gasteiger partial charge is 0.341 e. The molecule has 23 heavy (non-hydrogen) atoms. The number of rotatable bonds is 3. The second kappa shape index (κ2) is 6.68. The first kappa shape index (κ1) is 15.3. The van der Waals surface area contributed by atoms with Gasteiger partial charge >= 0.3 is 0 Å². The highest BCUT2D eigenvalue weighted by molar-refractivity contribution is 6.02. The van der Waals surface area contributed by atoms with Gasteiger partial charge in [0, 0.05) is 31.0 Å². The van der Waals surface area contributed by atoms with Gasteiger partial charge < -0.3 is 10.2 Å². The lowest BCUT2D eigenvalue weighted by atomic mass is 10.1. The summed E-state index contributed by atoms with van der Waals surface area (Å²) < 4.78 is 26.1. The molecular formula is C16H16F2N4O. The predicted molar refractivity (Wildman–Crippen MR) is 82.4 cm³/mol. The minimum atomic E-state index is -1.01. The third kappa shape index (κ3) is 3.61. The zero-order valence-corrected chi connectivity index (χ0v) is 12.4. The number of nitrogens with one attached hydrogen (secondary N) is 1. The molecule has 7 heteroatoms. The first-order valence-corrected chi connectivity index (χ1v) is 7.48. The molecule has 1 amide bonds. The summed E-state index contributed by atoms with van der Waals surface area (Å²) in [4.78, 5) is 22.7. The van der Waals surface area contributed by atoms with E-state index in [1.165, 1.54) is 24.8 Å². The molecule has 1 aliphatic rings. The number of benzene rings is 1. The zero-order chi connectivity index (χ0) is 16.2. The van der Waals surface area contributed by atoms with Gasteiger partial charge in [0.1, 0.15) is 5.69 Å². The Labute approximate surface area is 132 Å². The molecule has 3 rings (SSSR count). The first-order chi connectivity index (χ1) is 11.1. The molecule has 0 unspecified atom stereocenters. The van der Waals surface area contributed by atoms with Crippen molar-refractivity contribution in [3.05, 3.63) is 47.8 Å². The molecule has 1 fully saturated rings. The molecule has 1 aliphatic heterocycles. The van der Waals surface area contributed by atoms with E-state index in [-0.39, 0.29) is 11.4 Å². The van der Waals surface area contributed by atoms with E-state index in [2.05, 4.69) is 15.3 Å². The molecule has 0 spiro atoms. The molecule has 0 atom stereocenters. The summed E-state index contributed by atoms with van der Waals surface area (Å²) in [5, 5.41) is 2.50. The van der Waals surface area contributed by atoms with Gasteiger partial charge in [0.05, 0.1) is 0 Å². The van der Waals surface area contributed by atoms with E-state index >= 15 is 0 Å².